The Bertz CT molecular complexity index is 1250. The van der Waals surface area contributed by atoms with Crippen LogP contribution < -0.4 is 0 Å². The van der Waals surface area contributed by atoms with Gasteiger partial charge in [-0.3, -0.25) is 0 Å². The highest BCUT2D eigenvalue weighted by molar-refractivity contribution is 5.85. The number of esters is 1. The second-order valence-corrected chi connectivity index (χ2v) is 15.7. The van der Waals surface area contributed by atoms with E-state index in [-0.39, 0.29) is 49.8 Å². The molecule has 7 aliphatic rings. The van der Waals surface area contributed by atoms with Crippen LogP contribution in [-0.4, -0.2) is 123 Å². The van der Waals surface area contributed by atoms with Crippen molar-refractivity contribution in [3.8, 4) is 0 Å². The Morgan fingerprint density at radius 2 is 1.70 bits per heavy atom. The van der Waals surface area contributed by atoms with Crippen LogP contribution in [0.15, 0.2) is 11.6 Å². The zero-order chi connectivity index (χ0) is 33.5. The Labute approximate surface area is 274 Å². The fourth-order valence-corrected chi connectivity index (χ4v) is 11.0. The number of hydrogen-bond acceptors (Lipinski definition) is 13. The van der Waals surface area contributed by atoms with Gasteiger partial charge in [-0.15, -0.1) is 0 Å². The highest BCUT2D eigenvalue weighted by atomic mass is 16.7. The van der Waals surface area contributed by atoms with Crippen molar-refractivity contribution in [1.82, 2.24) is 0 Å². The molecule has 16 atom stereocenters. The van der Waals surface area contributed by atoms with E-state index in [2.05, 4.69) is 6.92 Å². The van der Waals surface area contributed by atoms with Gasteiger partial charge in [0.1, 0.15) is 37.3 Å². The van der Waals surface area contributed by atoms with E-state index in [0.29, 0.717) is 44.9 Å². The van der Waals surface area contributed by atoms with Gasteiger partial charge < -0.3 is 59.1 Å². The Morgan fingerprint density at radius 1 is 0.936 bits per heavy atom. The minimum atomic E-state index is -1.50. The van der Waals surface area contributed by atoms with Gasteiger partial charge in [0.2, 0.25) is 0 Å². The molecule has 3 aliphatic heterocycles. The molecule has 0 aromatic carbocycles. The van der Waals surface area contributed by atoms with Crippen LogP contribution in [0.2, 0.25) is 0 Å². The van der Waals surface area contributed by atoms with Gasteiger partial charge in [-0.25, -0.2) is 4.79 Å². The lowest BCUT2D eigenvalue weighted by Crippen LogP contribution is -2.69. The van der Waals surface area contributed by atoms with Crippen molar-refractivity contribution >= 4 is 12.3 Å². The summed E-state index contributed by atoms with van der Waals surface area (Å²) in [5, 5.41) is 65.7. The molecule has 2 saturated heterocycles. The molecule has 0 bridgehead atoms. The van der Waals surface area contributed by atoms with Gasteiger partial charge in [-0.1, -0.05) is 6.92 Å². The van der Waals surface area contributed by atoms with Crippen LogP contribution in [0.4, 0.5) is 0 Å². The van der Waals surface area contributed by atoms with Crippen LogP contribution >= 0.6 is 0 Å². The number of ether oxygens (including phenoxy) is 5. The minimum Gasteiger partial charge on any atom is -0.458 e. The summed E-state index contributed by atoms with van der Waals surface area (Å²) in [6.45, 7) is 3.86. The SMILES string of the molecule is C[C@H]1O[C@@H](O[C@H]2CC[C@]3(C=O)[C@H]4CC[C@]5(C)[C@@H](C6=CC(=O)OC6)CC[C@]5(O)[C@@H]4CCC3(O)C2)C[C@H](O)[C@@H]1O[C@@H]1OC[C@@H](O)[C@H](O)[C@H]1O. The predicted molar refractivity (Wildman–Crippen MR) is 160 cm³/mol. The molecule has 264 valence electrons. The van der Waals surface area contributed by atoms with E-state index in [4.69, 9.17) is 23.7 Å². The first kappa shape index (κ1) is 34.0. The van der Waals surface area contributed by atoms with E-state index in [9.17, 15) is 40.2 Å². The maximum atomic E-state index is 13.1. The summed E-state index contributed by atoms with van der Waals surface area (Å²) in [5.41, 5.74) is -2.86. The molecule has 13 heteroatoms. The van der Waals surface area contributed by atoms with Crippen molar-refractivity contribution in [3.63, 3.8) is 0 Å². The van der Waals surface area contributed by atoms with Gasteiger partial charge >= 0.3 is 5.97 Å². The van der Waals surface area contributed by atoms with Crippen LogP contribution in [0.3, 0.4) is 0 Å². The Morgan fingerprint density at radius 3 is 2.40 bits per heavy atom. The summed E-state index contributed by atoms with van der Waals surface area (Å²) in [6.07, 6.45) is -1.89. The number of hydrogen-bond donors (Lipinski definition) is 6. The molecular weight excluding hydrogens is 616 g/mol. The van der Waals surface area contributed by atoms with Crippen LogP contribution in [0, 0.1) is 28.6 Å². The quantitative estimate of drug-likeness (QED) is 0.128. The number of aliphatic hydroxyl groups is 6. The average molecular weight is 667 g/mol. The lowest BCUT2D eigenvalue weighted by Gasteiger charge is -2.65. The average Bonchev–Trinajstić information content (AvgIpc) is 3.57. The molecule has 4 aliphatic carbocycles. The number of aliphatic hydroxyl groups excluding tert-OH is 4. The molecule has 47 heavy (non-hydrogen) atoms. The van der Waals surface area contributed by atoms with E-state index >= 15 is 0 Å². The van der Waals surface area contributed by atoms with Crippen molar-refractivity contribution in [2.24, 2.45) is 28.6 Å². The fourth-order valence-electron chi connectivity index (χ4n) is 11.0. The van der Waals surface area contributed by atoms with E-state index in [1.807, 2.05) is 0 Å². The Balaban J connectivity index is 1.01. The van der Waals surface area contributed by atoms with Gasteiger partial charge in [0.15, 0.2) is 12.6 Å². The summed E-state index contributed by atoms with van der Waals surface area (Å²) in [5.74, 6) is -0.635. The second kappa shape index (κ2) is 12.1. The molecule has 6 fully saturated rings. The topological polar surface area (TPSA) is 202 Å². The number of cyclic esters (lactones) is 1. The van der Waals surface area contributed by atoms with Gasteiger partial charge in [0.25, 0.3) is 0 Å². The Hall–Kier alpha value is -1.52. The predicted octanol–water partition coefficient (Wildman–Crippen LogP) is 0.243. The van der Waals surface area contributed by atoms with Crippen molar-refractivity contribution < 1.29 is 63.9 Å². The summed E-state index contributed by atoms with van der Waals surface area (Å²) < 4.78 is 28.7. The monoisotopic (exact) mass is 666 g/mol. The third-order valence-corrected chi connectivity index (χ3v) is 13.6. The molecule has 6 N–H and O–H groups in total. The van der Waals surface area contributed by atoms with Crippen molar-refractivity contribution in [3.05, 3.63) is 11.6 Å². The molecule has 0 spiro atoms. The van der Waals surface area contributed by atoms with E-state index in [1.54, 1.807) is 13.0 Å². The van der Waals surface area contributed by atoms with Crippen LogP contribution in [0.5, 0.6) is 0 Å². The summed E-state index contributed by atoms with van der Waals surface area (Å²) in [6, 6.07) is 0. The van der Waals surface area contributed by atoms with Gasteiger partial charge in [-0.05, 0) is 81.6 Å². The fraction of sp³-hybridized carbons (Fsp3) is 0.882. The second-order valence-electron chi connectivity index (χ2n) is 15.7. The number of aldehydes is 1. The molecule has 0 aromatic heterocycles. The zero-order valence-corrected chi connectivity index (χ0v) is 27.1. The molecule has 0 amide bonds. The number of rotatable bonds is 6. The maximum absolute atomic E-state index is 13.1. The highest BCUT2D eigenvalue weighted by Crippen LogP contribution is 2.70. The summed E-state index contributed by atoms with van der Waals surface area (Å²) in [7, 11) is 0. The standard InChI is InChI=1S/C34H50O13/c1-17-29(47-30-28(40)27(39)24(37)15-44-30)23(36)12-26(45-17)46-19-3-8-32(16-35)21-4-7-31(2)20(18-11-25(38)43-14-18)6-10-34(31,42)22(21)5-9-33(32,41)13-19/h11,16-17,19-24,26-30,36-37,39-42H,3-10,12-15H2,1-2H3/t17-,19+,20-,21+,22-,23+,24-,26+,27+,28-,29-,30+,31-,32+,33?,34+/m1/s1. The lowest BCUT2D eigenvalue weighted by atomic mass is 9.41. The lowest BCUT2D eigenvalue weighted by molar-refractivity contribution is -0.331. The molecule has 7 rings (SSSR count). The molecule has 1 unspecified atom stereocenters. The first-order valence-corrected chi connectivity index (χ1v) is 17.3. The molecule has 13 nitrogen and oxygen atoms in total. The minimum absolute atomic E-state index is 0.0370. The van der Waals surface area contributed by atoms with Crippen molar-refractivity contribution in [2.45, 2.75) is 145 Å². The van der Waals surface area contributed by atoms with Gasteiger partial charge in [-0.2, -0.15) is 0 Å². The number of carbonyl (C=O) groups excluding carboxylic acids is 2. The first-order valence-electron chi connectivity index (χ1n) is 17.3. The maximum Gasteiger partial charge on any atom is 0.331 e. The molecule has 0 aromatic rings. The third-order valence-electron chi connectivity index (χ3n) is 13.6. The summed E-state index contributed by atoms with van der Waals surface area (Å²) in [4.78, 5) is 25.0. The first-order chi connectivity index (χ1) is 22.2. The van der Waals surface area contributed by atoms with Gasteiger partial charge in [0.05, 0.1) is 41.5 Å². The molecule has 4 saturated carbocycles. The largest absolute Gasteiger partial charge is 0.458 e. The Kier molecular flexibility index (Phi) is 8.72. The van der Waals surface area contributed by atoms with Crippen LogP contribution in [-0.2, 0) is 33.3 Å². The molecule has 0 radical (unpaired) electrons. The van der Waals surface area contributed by atoms with Crippen molar-refractivity contribution in [1.29, 1.82) is 0 Å². The molecular formula is C34H50O13. The van der Waals surface area contributed by atoms with Crippen LogP contribution in [0.25, 0.3) is 0 Å². The van der Waals surface area contributed by atoms with Crippen molar-refractivity contribution in [2.75, 3.05) is 13.2 Å². The zero-order valence-electron chi connectivity index (χ0n) is 27.1. The third kappa shape index (κ3) is 5.18. The van der Waals surface area contributed by atoms with Crippen LogP contribution in [0.1, 0.15) is 78.1 Å². The van der Waals surface area contributed by atoms with Gasteiger partial charge in [0, 0.05) is 24.3 Å². The molecule has 3 heterocycles. The van der Waals surface area contributed by atoms with E-state index in [1.165, 1.54) is 0 Å². The van der Waals surface area contributed by atoms with E-state index < -0.39 is 77.3 Å². The number of carbonyl (C=O) groups is 2. The highest BCUT2D eigenvalue weighted by Gasteiger charge is 2.71. The smallest absolute Gasteiger partial charge is 0.331 e. The normalized spacial score (nSPS) is 54.6. The van der Waals surface area contributed by atoms with E-state index in [0.717, 1.165) is 18.3 Å². The summed E-state index contributed by atoms with van der Waals surface area (Å²) >= 11 is 0. The number of fused-ring (bicyclic) bond motifs is 5.